The number of halogens is 2. The third kappa shape index (κ3) is 6.11. The van der Waals surface area contributed by atoms with E-state index in [9.17, 15) is 27.6 Å². The van der Waals surface area contributed by atoms with E-state index in [2.05, 4.69) is 0 Å². The molecule has 11 heteroatoms. The van der Waals surface area contributed by atoms with Crippen LogP contribution in [0.2, 0.25) is 0 Å². The van der Waals surface area contributed by atoms with Crippen molar-refractivity contribution in [2.24, 2.45) is 23.6 Å². The molecule has 35 heavy (non-hydrogen) atoms. The van der Waals surface area contributed by atoms with Gasteiger partial charge in [0.25, 0.3) is 0 Å². The van der Waals surface area contributed by atoms with Crippen LogP contribution in [0.5, 0.6) is 0 Å². The number of hydrazine groups is 1. The zero-order chi connectivity index (χ0) is 26.4. The van der Waals surface area contributed by atoms with Gasteiger partial charge in [-0.15, -0.1) is 0 Å². The highest BCUT2D eigenvalue weighted by Crippen LogP contribution is 2.46. The standard InChI is InChI=1S/C24H29F2N3O5S/c1-15(2)13-18(22(30)28-27)21(23(31)29-32)24(35(3,33)34,12-11-16-7-5-4-6-8-16)19-10-9-17(25)14-20(19)26/h4-12,14-15,18,21,32H,13,27H2,1-3H3,(H,28,30)(H,29,31)/b12-11+/t18-,21+,24?/m1/s1. The summed E-state index contributed by atoms with van der Waals surface area (Å²) in [6, 6.07) is 10.6. The summed E-state index contributed by atoms with van der Waals surface area (Å²) in [5, 5.41) is 9.58. The van der Waals surface area contributed by atoms with Gasteiger partial charge in [-0.2, -0.15) is 0 Å². The number of nitrogens with two attached hydrogens (primary N) is 1. The molecule has 2 amide bonds. The number of amides is 2. The topological polar surface area (TPSA) is 139 Å². The predicted octanol–water partition coefficient (Wildman–Crippen LogP) is 2.69. The van der Waals surface area contributed by atoms with E-state index in [1.54, 1.807) is 44.2 Å². The fourth-order valence-corrected chi connectivity index (χ4v) is 5.87. The van der Waals surface area contributed by atoms with Crippen LogP contribution in [0.3, 0.4) is 0 Å². The van der Waals surface area contributed by atoms with Gasteiger partial charge in [0.05, 0.1) is 11.8 Å². The molecular weight excluding hydrogens is 480 g/mol. The second kappa shape index (κ2) is 11.5. The third-order valence-electron chi connectivity index (χ3n) is 5.75. The third-order valence-corrected chi connectivity index (χ3v) is 7.59. The zero-order valence-corrected chi connectivity index (χ0v) is 20.4. The van der Waals surface area contributed by atoms with E-state index >= 15 is 4.39 Å². The molecule has 0 aliphatic carbocycles. The maximum absolute atomic E-state index is 15.3. The largest absolute Gasteiger partial charge is 0.294 e. The fraction of sp³-hybridized carbons (Fsp3) is 0.333. The Morgan fingerprint density at radius 1 is 1.11 bits per heavy atom. The lowest BCUT2D eigenvalue weighted by Crippen LogP contribution is -2.55. The van der Waals surface area contributed by atoms with Crippen molar-refractivity contribution in [3.63, 3.8) is 0 Å². The normalized spacial score (nSPS) is 15.4. The number of benzene rings is 2. The van der Waals surface area contributed by atoms with E-state index in [1.807, 2.05) is 5.43 Å². The van der Waals surface area contributed by atoms with Crippen LogP contribution in [-0.4, -0.2) is 31.7 Å². The first-order valence-corrected chi connectivity index (χ1v) is 12.6. The van der Waals surface area contributed by atoms with Crippen molar-refractivity contribution in [3.8, 4) is 0 Å². The van der Waals surface area contributed by atoms with Crippen LogP contribution in [0.1, 0.15) is 31.4 Å². The summed E-state index contributed by atoms with van der Waals surface area (Å²) in [6.07, 6.45) is 3.18. The van der Waals surface area contributed by atoms with Crippen molar-refractivity contribution in [2.75, 3.05) is 6.26 Å². The van der Waals surface area contributed by atoms with Crippen molar-refractivity contribution in [1.82, 2.24) is 10.9 Å². The fourth-order valence-electron chi connectivity index (χ4n) is 4.26. The molecule has 0 aliphatic heterocycles. The van der Waals surface area contributed by atoms with E-state index in [4.69, 9.17) is 5.84 Å². The van der Waals surface area contributed by atoms with E-state index in [-0.39, 0.29) is 12.3 Å². The van der Waals surface area contributed by atoms with Gasteiger partial charge in [-0.05, 0) is 24.0 Å². The molecule has 1 unspecified atom stereocenters. The molecule has 0 aliphatic rings. The Kier molecular flexibility index (Phi) is 9.24. The van der Waals surface area contributed by atoms with Gasteiger partial charge in [0, 0.05) is 17.9 Å². The number of hydrogen-bond acceptors (Lipinski definition) is 6. The summed E-state index contributed by atoms with van der Waals surface area (Å²) in [4.78, 5) is 26.0. The average Bonchev–Trinajstić information content (AvgIpc) is 2.79. The van der Waals surface area contributed by atoms with Crippen LogP contribution in [0, 0.1) is 29.4 Å². The molecule has 2 rings (SSSR count). The molecule has 190 valence electrons. The molecule has 2 aromatic rings. The van der Waals surface area contributed by atoms with Crippen molar-refractivity contribution < 1.29 is 32.0 Å². The van der Waals surface area contributed by atoms with E-state index in [0.717, 1.165) is 24.5 Å². The van der Waals surface area contributed by atoms with Crippen LogP contribution < -0.4 is 16.7 Å². The number of rotatable bonds is 10. The quantitative estimate of drug-likeness (QED) is 0.168. The molecule has 0 saturated heterocycles. The molecule has 0 saturated carbocycles. The van der Waals surface area contributed by atoms with Gasteiger partial charge in [0.2, 0.25) is 11.8 Å². The first-order valence-electron chi connectivity index (χ1n) is 10.7. The van der Waals surface area contributed by atoms with Gasteiger partial charge < -0.3 is 0 Å². The Labute approximate surface area is 203 Å². The van der Waals surface area contributed by atoms with Gasteiger partial charge in [0.1, 0.15) is 16.4 Å². The first-order chi connectivity index (χ1) is 16.4. The Balaban J connectivity index is 3.05. The van der Waals surface area contributed by atoms with Crippen molar-refractivity contribution in [2.45, 2.75) is 25.0 Å². The monoisotopic (exact) mass is 509 g/mol. The minimum atomic E-state index is -4.50. The summed E-state index contributed by atoms with van der Waals surface area (Å²) < 4.78 is 53.6. The summed E-state index contributed by atoms with van der Waals surface area (Å²) in [6.45, 7) is 3.45. The average molecular weight is 510 g/mol. The minimum Gasteiger partial charge on any atom is -0.294 e. The van der Waals surface area contributed by atoms with E-state index < -0.39 is 55.4 Å². The van der Waals surface area contributed by atoms with Crippen molar-refractivity contribution >= 4 is 27.7 Å². The Hall–Kier alpha value is -3.15. The summed E-state index contributed by atoms with van der Waals surface area (Å²) in [5.41, 5.74) is 3.29. The molecule has 0 spiro atoms. The second-order valence-electron chi connectivity index (χ2n) is 8.63. The molecule has 5 N–H and O–H groups in total. The molecule has 0 radical (unpaired) electrons. The van der Waals surface area contributed by atoms with Gasteiger partial charge in [-0.1, -0.05) is 62.4 Å². The van der Waals surface area contributed by atoms with E-state index in [0.29, 0.717) is 11.6 Å². The van der Waals surface area contributed by atoms with Gasteiger partial charge in [-0.3, -0.25) is 20.2 Å². The second-order valence-corrected chi connectivity index (χ2v) is 10.9. The highest BCUT2D eigenvalue weighted by molar-refractivity contribution is 7.91. The lowest BCUT2D eigenvalue weighted by Gasteiger charge is -2.40. The summed E-state index contributed by atoms with van der Waals surface area (Å²) in [7, 11) is -4.50. The summed E-state index contributed by atoms with van der Waals surface area (Å²) in [5.74, 6) is -2.58. The highest BCUT2D eigenvalue weighted by Gasteiger charge is 2.56. The molecule has 0 bridgehead atoms. The molecule has 8 nitrogen and oxygen atoms in total. The van der Waals surface area contributed by atoms with Gasteiger partial charge in [-0.25, -0.2) is 28.5 Å². The molecule has 0 fully saturated rings. The van der Waals surface area contributed by atoms with Crippen LogP contribution in [0.15, 0.2) is 54.6 Å². The smallest absolute Gasteiger partial charge is 0.249 e. The van der Waals surface area contributed by atoms with E-state index in [1.165, 1.54) is 11.6 Å². The van der Waals surface area contributed by atoms with Crippen LogP contribution >= 0.6 is 0 Å². The Morgan fingerprint density at radius 3 is 2.23 bits per heavy atom. The SMILES string of the molecule is CC(C)C[C@@H](C(=O)NN)[C@@H](C(=O)NO)C(/C=C/c1ccccc1)(c1ccc(F)cc1F)S(C)(=O)=O. The zero-order valence-electron chi connectivity index (χ0n) is 19.5. The number of carbonyl (C=O) groups excluding carboxylic acids is 2. The van der Waals surface area contributed by atoms with Gasteiger partial charge in [0.15, 0.2) is 9.84 Å². The highest BCUT2D eigenvalue weighted by atomic mass is 32.2. The van der Waals surface area contributed by atoms with Crippen molar-refractivity contribution in [1.29, 1.82) is 0 Å². The molecule has 3 atom stereocenters. The van der Waals surface area contributed by atoms with Gasteiger partial charge >= 0.3 is 0 Å². The maximum Gasteiger partial charge on any atom is 0.249 e. The van der Waals surface area contributed by atoms with Crippen LogP contribution in [-0.2, 0) is 24.2 Å². The maximum atomic E-state index is 15.3. The molecule has 0 heterocycles. The number of hydroxylamine groups is 1. The first kappa shape index (κ1) is 28.1. The number of sulfone groups is 1. The summed E-state index contributed by atoms with van der Waals surface area (Å²) >= 11 is 0. The van der Waals surface area contributed by atoms with Crippen LogP contribution in [0.4, 0.5) is 8.78 Å². The molecular formula is C24H29F2N3O5S. The predicted molar refractivity (Wildman–Crippen MR) is 127 cm³/mol. The van der Waals surface area contributed by atoms with Crippen LogP contribution in [0.25, 0.3) is 6.08 Å². The van der Waals surface area contributed by atoms with Crippen molar-refractivity contribution in [3.05, 3.63) is 77.4 Å². The lowest BCUT2D eigenvalue weighted by atomic mass is 9.72. The number of nitrogens with one attached hydrogen (secondary N) is 2. The molecule has 0 aromatic heterocycles. The Bertz CT molecular complexity index is 1190. The lowest BCUT2D eigenvalue weighted by molar-refractivity contribution is -0.142. The minimum absolute atomic E-state index is 0.0413. The number of carbonyl (C=O) groups is 2. The Morgan fingerprint density at radius 2 is 1.74 bits per heavy atom. The molecule has 2 aromatic carbocycles. The number of hydrogen-bond donors (Lipinski definition) is 4.